The Labute approximate surface area is 137 Å². The normalized spacial score (nSPS) is 13.2. The molecule has 2 rings (SSSR count). The van der Waals surface area contributed by atoms with Crippen LogP contribution in [0, 0.1) is 0 Å². The van der Waals surface area contributed by atoms with Crippen LogP contribution in [0.3, 0.4) is 0 Å². The Morgan fingerprint density at radius 1 is 1.13 bits per heavy atom. The largest absolute Gasteiger partial charge is 0.483 e. The zero-order valence-electron chi connectivity index (χ0n) is 13.6. The number of aryl methyl sites for hydroxylation is 1. The topological polar surface area (TPSA) is 58.6 Å². The van der Waals surface area contributed by atoms with Crippen molar-refractivity contribution in [2.45, 2.75) is 25.9 Å². The molecule has 2 aromatic rings. The average Bonchev–Trinajstić information content (AvgIpc) is 2.59. The Morgan fingerprint density at radius 2 is 1.78 bits per heavy atom. The quantitative estimate of drug-likeness (QED) is 0.826. The number of carbonyl (C=O) groups excluding carboxylic acids is 1. The molecule has 0 heterocycles. The molecule has 4 nitrogen and oxygen atoms in total. The van der Waals surface area contributed by atoms with E-state index in [0.717, 1.165) is 23.3 Å². The van der Waals surface area contributed by atoms with Gasteiger partial charge >= 0.3 is 0 Å². The maximum absolute atomic E-state index is 11.9. The fraction of sp³-hybridized carbons (Fsp3) is 0.316. The van der Waals surface area contributed by atoms with Crippen LogP contribution in [0.1, 0.15) is 25.0 Å². The number of aliphatic hydroxyl groups is 1. The minimum Gasteiger partial charge on any atom is -0.483 e. The molecule has 0 aromatic heterocycles. The lowest BCUT2D eigenvalue weighted by Crippen LogP contribution is -2.40. The third-order valence-electron chi connectivity index (χ3n) is 3.74. The summed E-state index contributed by atoms with van der Waals surface area (Å²) in [6.07, 6.45) is 0.848. The fourth-order valence-electron chi connectivity index (χ4n) is 2.30. The van der Waals surface area contributed by atoms with E-state index in [1.54, 1.807) is 6.92 Å². The van der Waals surface area contributed by atoms with Crippen LogP contribution in [-0.2, 0) is 16.8 Å². The Bertz CT molecular complexity index is 638. The van der Waals surface area contributed by atoms with Gasteiger partial charge in [0.05, 0.1) is 6.54 Å². The Kier molecular flexibility index (Phi) is 5.77. The van der Waals surface area contributed by atoms with Gasteiger partial charge in [-0.2, -0.15) is 0 Å². The van der Waals surface area contributed by atoms with Gasteiger partial charge in [-0.3, -0.25) is 4.79 Å². The molecule has 0 aliphatic carbocycles. The number of nitrogens with one attached hydrogen (secondary N) is 1. The molecule has 2 N–H and O–H groups in total. The average molecular weight is 313 g/mol. The van der Waals surface area contributed by atoms with Crippen LogP contribution in [0.25, 0.3) is 0 Å². The zero-order chi connectivity index (χ0) is 16.7. The number of amides is 1. The molecule has 1 atom stereocenters. The van der Waals surface area contributed by atoms with Crippen LogP contribution in [0.2, 0.25) is 0 Å². The molecule has 0 radical (unpaired) electrons. The first-order chi connectivity index (χ1) is 11.0. The lowest BCUT2D eigenvalue weighted by Gasteiger charge is -2.24. The van der Waals surface area contributed by atoms with Crippen molar-refractivity contribution >= 4 is 5.91 Å². The summed E-state index contributed by atoms with van der Waals surface area (Å²) in [5, 5.41) is 13.2. The van der Waals surface area contributed by atoms with Gasteiger partial charge in [0.25, 0.3) is 5.91 Å². The maximum atomic E-state index is 11.9. The molecule has 0 fully saturated rings. The Hall–Kier alpha value is -2.33. The first kappa shape index (κ1) is 17.0. The molecule has 1 unspecified atom stereocenters. The van der Waals surface area contributed by atoms with Crippen molar-refractivity contribution in [3.63, 3.8) is 0 Å². The highest BCUT2D eigenvalue weighted by Crippen LogP contribution is 2.19. The van der Waals surface area contributed by atoms with E-state index in [4.69, 9.17) is 4.74 Å². The fourth-order valence-corrected chi connectivity index (χ4v) is 2.30. The van der Waals surface area contributed by atoms with Gasteiger partial charge in [-0.15, -0.1) is 0 Å². The molecular formula is C19H23NO3. The highest BCUT2D eigenvalue weighted by molar-refractivity contribution is 5.77. The van der Waals surface area contributed by atoms with Crippen molar-refractivity contribution in [3.05, 3.63) is 65.7 Å². The summed E-state index contributed by atoms with van der Waals surface area (Å²) in [5.41, 5.74) is 0.715. The summed E-state index contributed by atoms with van der Waals surface area (Å²) in [6, 6.07) is 16.9. The van der Waals surface area contributed by atoms with Gasteiger partial charge in [-0.25, -0.2) is 0 Å². The minimum absolute atomic E-state index is 0.0676. The highest BCUT2D eigenvalue weighted by atomic mass is 16.5. The van der Waals surface area contributed by atoms with Gasteiger partial charge in [-0.1, -0.05) is 55.5 Å². The van der Waals surface area contributed by atoms with Crippen LogP contribution >= 0.6 is 0 Å². The van der Waals surface area contributed by atoms with Gasteiger partial charge in [-0.05, 0) is 30.5 Å². The van der Waals surface area contributed by atoms with Crippen molar-refractivity contribution in [2.24, 2.45) is 0 Å². The predicted molar refractivity (Wildman–Crippen MR) is 90.3 cm³/mol. The first-order valence-electron chi connectivity index (χ1n) is 7.78. The van der Waals surface area contributed by atoms with Crippen LogP contribution in [0.4, 0.5) is 0 Å². The second-order valence-electron chi connectivity index (χ2n) is 5.67. The molecule has 122 valence electrons. The molecule has 0 bridgehead atoms. The third-order valence-corrected chi connectivity index (χ3v) is 3.74. The van der Waals surface area contributed by atoms with E-state index in [-0.39, 0.29) is 19.1 Å². The van der Waals surface area contributed by atoms with Gasteiger partial charge in [0, 0.05) is 0 Å². The molecule has 0 aliphatic heterocycles. The summed E-state index contributed by atoms with van der Waals surface area (Å²) in [6.45, 7) is 3.78. The van der Waals surface area contributed by atoms with Gasteiger partial charge in [0.1, 0.15) is 11.4 Å². The summed E-state index contributed by atoms with van der Waals surface area (Å²) in [7, 11) is 0. The molecule has 0 saturated heterocycles. The SMILES string of the molecule is CCc1ccccc1OCC(=O)NCC(C)(O)c1ccccc1. The second-order valence-corrected chi connectivity index (χ2v) is 5.67. The van der Waals surface area contributed by atoms with E-state index in [1.165, 1.54) is 0 Å². The van der Waals surface area contributed by atoms with Gasteiger partial charge in [0.15, 0.2) is 6.61 Å². The smallest absolute Gasteiger partial charge is 0.258 e. The van der Waals surface area contributed by atoms with Crippen molar-refractivity contribution in [2.75, 3.05) is 13.2 Å². The molecule has 4 heteroatoms. The van der Waals surface area contributed by atoms with Crippen LogP contribution in [0.15, 0.2) is 54.6 Å². The number of ether oxygens (including phenoxy) is 1. The molecule has 1 amide bonds. The van der Waals surface area contributed by atoms with Crippen molar-refractivity contribution < 1.29 is 14.6 Å². The monoisotopic (exact) mass is 313 g/mol. The van der Waals surface area contributed by atoms with E-state index in [2.05, 4.69) is 5.32 Å². The van der Waals surface area contributed by atoms with Gasteiger partial charge in [0.2, 0.25) is 0 Å². The van der Waals surface area contributed by atoms with E-state index in [1.807, 2.05) is 61.5 Å². The van der Waals surface area contributed by atoms with Crippen LogP contribution < -0.4 is 10.1 Å². The number of hydrogen-bond donors (Lipinski definition) is 2. The first-order valence-corrected chi connectivity index (χ1v) is 7.78. The van der Waals surface area contributed by atoms with E-state index in [9.17, 15) is 9.90 Å². The van der Waals surface area contributed by atoms with E-state index < -0.39 is 5.60 Å². The lowest BCUT2D eigenvalue weighted by atomic mass is 9.96. The maximum Gasteiger partial charge on any atom is 0.258 e. The predicted octanol–water partition coefficient (Wildman–Crippen LogP) is 2.65. The molecular weight excluding hydrogens is 290 g/mol. The summed E-state index contributed by atoms with van der Waals surface area (Å²) in [5.74, 6) is 0.465. The van der Waals surface area contributed by atoms with Crippen LogP contribution in [0.5, 0.6) is 5.75 Å². The van der Waals surface area contributed by atoms with Crippen molar-refractivity contribution in [3.8, 4) is 5.75 Å². The molecule has 23 heavy (non-hydrogen) atoms. The number of benzene rings is 2. The summed E-state index contributed by atoms with van der Waals surface area (Å²) in [4.78, 5) is 11.9. The zero-order valence-corrected chi connectivity index (χ0v) is 13.6. The van der Waals surface area contributed by atoms with Crippen LogP contribution in [-0.4, -0.2) is 24.2 Å². The number of para-hydroxylation sites is 1. The number of rotatable bonds is 7. The molecule has 2 aromatic carbocycles. The van der Waals surface area contributed by atoms with E-state index >= 15 is 0 Å². The molecule has 0 saturated carbocycles. The highest BCUT2D eigenvalue weighted by Gasteiger charge is 2.23. The number of hydrogen-bond acceptors (Lipinski definition) is 3. The van der Waals surface area contributed by atoms with E-state index in [0.29, 0.717) is 0 Å². The Morgan fingerprint density at radius 3 is 2.48 bits per heavy atom. The van der Waals surface area contributed by atoms with Crippen molar-refractivity contribution in [1.82, 2.24) is 5.32 Å². The third kappa shape index (κ3) is 4.83. The standard InChI is InChI=1S/C19H23NO3/c1-3-15-9-7-8-12-17(15)23-13-18(21)20-14-19(2,22)16-10-5-4-6-11-16/h4-12,22H,3,13-14H2,1-2H3,(H,20,21). The second kappa shape index (κ2) is 7.79. The van der Waals surface area contributed by atoms with Crippen molar-refractivity contribution in [1.29, 1.82) is 0 Å². The lowest BCUT2D eigenvalue weighted by molar-refractivity contribution is -0.124. The summed E-state index contributed by atoms with van der Waals surface area (Å²) >= 11 is 0. The molecule has 0 spiro atoms. The molecule has 0 aliphatic rings. The Balaban J connectivity index is 1.86. The summed E-state index contributed by atoms with van der Waals surface area (Å²) < 4.78 is 5.57. The minimum atomic E-state index is -1.11. The number of carbonyl (C=O) groups is 1. The van der Waals surface area contributed by atoms with Gasteiger partial charge < -0.3 is 15.2 Å².